The lowest BCUT2D eigenvalue weighted by Gasteiger charge is -2.27. The van der Waals surface area contributed by atoms with Gasteiger partial charge in [-0.05, 0) is 48.7 Å². The van der Waals surface area contributed by atoms with Crippen LogP contribution < -0.4 is 9.46 Å². The predicted octanol–water partition coefficient (Wildman–Crippen LogP) is 2.38. The summed E-state index contributed by atoms with van der Waals surface area (Å²) in [4.78, 5) is 15.3. The van der Waals surface area contributed by atoms with E-state index in [1.54, 1.807) is 11.0 Å². The summed E-state index contributed by atoms with van der Waals surface area (Å²) in [7, 11) is -3.83. The molecule has 0 aliphatic carbocycles. The fourth-order valence-electron chi connectivity index (χ4n) is 2.92. The van der Waals surface area contributed by atoms with Crippen LogP contribution in [0, 0.1) is 5.82 Å². The topological polar surface area (TPSA) is 84.9 Å². The van der Waals surface area contributed by atoms with Gasteiger partial charge in [0, 0.05) is 24.5 Å². The number of benzene rings is 2. The molecule has 1 fully saturated rings. The SMILES string of the molecule is CSc1ccc(S(=O)(=O)NCCOc2ccc(F)cc2)cc1C(=O)N1CCOCC1. The minimum atomic E-state index is -3.83. The molecule has 3 rings (SSSR count). The molecule has 0 bridgehead atoms. The number of nitrogens with zero attached hydrogens (tertiary/aromatic N) is 1. The summed E-state index contributed by atoms with van der Waals surface area (Å²) >= 11 is 1.39. The van der Waals surface area contributed by atoms with E-state index in [0.29, 0.717) is 42.5 Å². The zero-order chi connectivity index (χ0) is 21.6. The van der Waals surface area contributed by atoms with E-state index in [1.807, 2.05) is 6.26 Å². The molecule has 0 radical (unpaired) electrons. The van der Waals surface area contributed by atoms with Crippen molar-refractivity contribution in [3.63, 3.8) is 0 Å². The predicted molar refractivity (Wildman–Crippen MR) is 112 cm³/mol. The van der Waals surface area contributed by atoms with Crippen molar-refractivity contribution in [3.8, 4) is 5.75 Å². The number of sulfonamides is 1. The molecule has 0 spiro atoms. The average molecular weight is 455 g/mol. The first-order valence-corrected chi connectivity index (χ1v) is 12.0. The number of thioether (sulfide) groups is 1. The van der Waals surface area contributed by atoms with Crippen molar-refractivity contribution in [2.45, 2.75) is 9.79 Å². The molecular weight excluding hydrogens is 431 g/mol. The van der Waals surface area contributed by atoms with E-state index >= 15 is 0 Å². The highest BCUT2D eigenvalue weighted by Crippen LogP contribution is 2.25. The molecule has 0 atom stereocenters. The van der Waals surface area contributed by atoms with Crippen LogP contribution in [0.4, 0.5) is 4.39 Å². The van der Waals surface area contributed by atoms with Gasteiger partial charge in [-0.15, -0.1) is 11.8 Å². The number of amides is 1. The Morgan fingerprint density at radius 2 is 1.90 bits per heavy atom. The zero-order valence-corrected chi connectivity index (χ0v) is 18.1. The van der Waals surface area contributed by atoms with Gasteiger partial charge in [-0.2, -0.15) is 0 Å². The number of ether oxygens (including phenoxy) is 2. The standard InChI is InChI=1S/C20H23FN2O5S2/c1-29-19-7-6-17(14-18(19)20(24)23-9-12-27-13-10-23)30(25,26)22-8-11-28-16-4-2-15(21)3-5-16/h2-7,14,22H,8-13H2,1H3. The third-order valence-electron chi connectivity index (χ3n) is 4.49. The molecular formula is C20H23FN2O5S2. The Morgan fingerprint density at radius 3 is 2.57 bits per heavy atom. The molecule has 2 aromatic carbocycles. The Labute approximate surface area is 179 Å². The summed E-state index contributed by atoms with van der Waals surface area (Å²) in [6.07, 6.45) is 1.84. The second-order valence-corrected chi connectivity index (χ2v) is 9.08. The number of hydrogen-bond acceptors (Lipinski definition) is 6. The molecule has 1 amide bonds. The van der Waals surface area contributed by atoms with Gasteiger partial charge in [0.25, 0.3) is 5.91 Å². The van der Waals surface area contributed by atoms with Crippen LogP contribution in [0.25, 0.3) is 0 Å². The quantitative estimate of drug-likeness (QED) is 0.487. The van der Waals surface area contributed by atoms with Gasteiger partial charge < -0.3 is 14.4 Å². The molecule has 1 heterocycles. The summed E-state index contributed by atoms with van der Waals surface area (Å²) in [6, 6.07) is 9.99. The van der Waals surface area contributed by atoms with E-state index in [4.69, 9.17) is 9.47 Å². The van der Waals surface area contributed by atoms with E-state index < -0.39 is 10.0 Å². The smallest absolute Gasteiger partial charge is 0.255 e. The maximum absolute atomic E-state index is 12.9. The summed E-state index contributed by atoms with van der Waals surface area (Å²) in [5, 5.41) is 0. The van der Waals surface area contributed by atoms with Crippen LogP contribution in [0.15, 0.2) is 52.3 Å². The Balaban J connectivity index is 1.67. The minimum absolute atomic E-state index is 0.0127. The van der Waals surface area contributed by atoms with Crippen LogP contribution in [-0.4, -0.2) is 64.9 Å². The van der Waals surface area contributed by atoms with E-state index in [1.165, 1.54) is 48.2 Å². The van der Waals surface area contributed by atoms with Crippen LogP contribution in [0.1, 0.15) is 10.4 Å². The van der Waals surface area contributed by atoms with Crippen molar-refractivity contribution in [1.29, 1.82) is 0 Å². The van der Waals surface area contributed by atoms with E-state index in [9.17, 15) is 17.6 Å². The van der Waals surface area contributed by atoms with Crippen LogP contribution in [0.5, 0.6) is 5.75 Å². The van der Waals surface area contributed by atoms with Crippen molar-refractivity contribution in [1.82, 2.24) is 9.62 Å². The number of nitrogens with one attached hydrogen (secondary N) is 1. The average Bonchev–Trinajstić information content (AvgIpc) is 2.77. The van der Waals surface area contributed by atoms with Crippen molar-refractivity contribution in [3.05, 3.63) is 53.8 Å². The van der Waals surface area contributed by atoms with Crippen LogP contribution in [-0.2, 0) is 14.8 Å². The highest BCUT2D eigenvalue weighted by Gasteiger charge is 2.24. The molecule has 0 saturated carbocycles. The zero-order valence-electron chi connectivity index (χ0n) is 16.5. The van der Waals surface area contributed by atoms with E-state index in [-0.39, 0.29) is 29.8 Å². The first-order chi connectivity index (χ1) is 14.4. The third-order valence-corrected chi connectivity index (χ3v) is 6.74. The summed E-state index contributed by atoms with van der Waals surface area (Å²) in [5.74, 6) is -0.142. The maximum atomic E-state index is 12.9. The fourth-order valence-corrected chi connectivity index (χ4v) is 4.53. The number of carbonyl (C=O) groups excluding carboxylic acids is 1. The van der Waals surface area contributed by atoms with Crippen LogP contribution in [0.2, 0.25) is 0 Å². The van der Waals surface area contributed by atoms with Gasteiger partial charge in [0.05, 0.1) is 23.7 Å². The minimum Gasteiger partial charge on any atom is -0.492 e. The molecule has 1 N–H and O–H groups in total. The Kier molecular flexibility index (Phi) is 7.70. The lowest BCUT2D eigenvalue weighted by molar-refractivity contribution is 0.0300. The van der Waals surface area contributed by atoms with Gasteiger partial charge in [-0.25, -0.2) is 17.5 Å². The number of carbonyl (C=O) groups is 1. The number of rotatable bonds is 8. The molecule has 30 heavy (non-hydrogen) atoms. The van der Waals surface area contributed by atoms with Gasteiger partial charge in [0.15, 0.2) is 0 Å². The van der Waals surface area contributed by atoms with Crippen molar-refractivity contribution in [2.75, 3.05) is 45.7 Å². The monoisotopic (exact) mass is 454 g/mol. The van der Waals surface area contributed by atoms with Gasteiger partial charge in [-0.1, -0.05) is 0 Å². The molecule has 2 aromatic rings. The van der Waals surface area contributed by atoms with Crippen LogP contribution >= 0.6 is 11.8 Å². The Bertz CT molecular complexity index is 977. The second kappa shape index (κ2) is 10.3. The molecule has 0 aromatic heterocycles. The third kappa shape index (κ3) is 5.72. The number of morpholine rings is 1. The van der Waals surface area contributed by atoms with E-state index in [2.05, 4.69) is 4.72 Å². The number of halogens is 1. The summed E-state index contributed by atoms with van der Waals surface area (Å²) < 4.78 is 51.4. The van der Waals surface area contributed by atoms with Crippen molar-refractivity contribution >= 4 is 27.7 Å². The first-order valence-electron chi connectivity index (χ1n) is 9.34. The van der Waals surface area contributed by atoms with Gasteiger partial charge in [0.1, 0.15) is 18.2 Å². The molecule has 0 unspecified atom stereocenters. The largest absolute Gasteiger partial charge is 0.492 e. The summed E-state index contributed by atoms with van der Waals surface area (Å²) in [5.41, 5.74) is 0.356. The first kappa shape index (κ1) is 22.5. The molecule has 1 aliphatic heterocycles. The highest BCUT2D eigenvalue weighted by atomic mass is 32.2. The Hall–Kier alpha value is -2.14. The fraction of sp³-hybridized carbons (Fsp3) is 0.350. The van der Waals surface area contributed by atoms with E-state index in [0.717, 1.165) is 0 Å². The summed E-state index contributed by atoms with van der Waals surface area (Å²) in [6.45, 7) is 1.98. The van der Waals surface area contributed by atoms with Gasteiger partial charge >= 0.3 is 0 Å². The molecule has 1 saturated heterocycles. The lowest BCUT2D eigenvalue weighted by Crippen LogP contribution is -2.41. The maximum Gasteiger partial charge on any atom is 0.255 e. The number of hydrogen-bond donors (Lipinski definition) is 1. The van der Waals surface area contributed by atoms with Gasteiger partial charge in [-0.3, -0.25) is 4.79 Å². The van der Waals surface area contributed by atoms with Gasteiger partial charge in [0.2, 0.25) is 10.0 Å². The van der Waals surface area contributed by atoms with Crippen LogP contribution in [0.3, 0.4) is 0 Å². The van der Waals surface area contributed by atoms with Crippen molar-refractivity contribution in [2.24, 2.45) is 0 Å². The molecule has 1 aliphatic rings. The molecule has 162 valence electrons. The second-order valence-electron chi connectivity index (χ2n) is 6.47. The Morgan fingerprint density at radius 1 is 1.20 bits per heavy atom. The molecule has 10 heteroatoms. The van der Waals surface area contributed by atoms with Crippen molar-refractivity contribution < 1.29 is 27.1 Å². The normalized spacial score (nSPS) is 14.5. The molecule has 7 nitrogen and oxygen atoms in total. The lowest BCUT2D eigenvalue weighted by atomic mass is 10.2. The highest BCUT2D eigenvalue weighted by molar-refractivity contribution is 7.98.